The molecule has 1 aliphatic heterocycles. The number of halogens is 1. The van der Waals surface area contributed by atoms with Crippen molar-refractivity contribution >= 4 is 52.5 Å². The molecule has 2 aliphatic carbocycles. The number of ether oxygens (including phenoxy) is 1. The summed E-state index contributed by atoms with van der Waals surface area (Å²) in [5.41, 5.74) is 0.657. The predicted octanol–water partition coefficient (Wildman–Crippen LogP) is 8.92. The van der Waals surface area contributed by atoms with Crippen LogP contribution in [0.1, 0.15) is 121 Å². The maximum atomic E-state index is 12.1. The van der Waals surface area contributed by atoms with Crippen molar-refractivity contribution in [2.24, 2.45) is 11.8 Å². The third kappa shape index (κ3) is 13.0. The number of carbonyl (C=O) groups is 4. The minimum atomic E-state index is -0.649. The number of esters is 1. The fourth-order valence-electron chi connectivity index (χ4n) is 5.80. The molecule has 226 valence electrons. The van der Waals surface area contributed by atoms with Gasteiger partial charge < -0.3 is 9.84 Å². The summed E-state index contributed by atoms with van der Waals surface area (Å²) < 4.78 is 5.37. The summed E-state index contributed by atoms with van der Waals surface area (Å²) in [6, 6.07) is 4.91. The van der Waals surface area contributed by atoms with Crippen LogP contribution in [0.5, 0.6) is 5.75 Å². The summed E-state index contributed by atoms with van der Waals surface area (Å²) in [7, 11) is 0. The van der Waals surface area contributed by atoms with E-state index in [0.717, 1.165) is 49.3 Å². The summed E-state index contributed by atoms with van der Waals surface area (Å²) in [6.07, 6.45) is 22.3. The number of hydrogen-bond acceptors (Lipinski definition) is 6. The number of carbonyl (C=O) groups excluding carboxylic acids is 3. The zero-order valence-electron chi connectivity index (χ0n) is 24.0. The summed E-state index contributed by atoms with van der Waals surface area (Å²) in [5.74, 6) is 0.686. The van der Waals surface area contributed by atoms with Gasteiger partial charge in [-0.05, 0) is 60.2 Å². The number of hydrogen-bond donors (Lipinski definition) is 2. The number of unbranched alkanes of at least 4 members (excludes halogenated alkanes) is 2. The lowest BCUT2D eigenvalue weighted by atomic mass is 9.86. The fraction of sp³-hybridized carbons (Fsp3) is 0.625. The van der Waals surface area contributed by atoms with Gasteiger partial charge in [0.25, 0.3) is 11.1 Å². The molecule has 0 spiro atoms. The Kier molecular flexibility index (Phi) is 14.8. The quantitative estimate of drug-likeness (QED) is 0.106. The maximum absolute atomic E-state index is 12.1. The topological polar surface area (TPSA) is 110 Å². The number of rotatable bonds is 12. The van der Waals surface area contributed by atoms with E-state index >= 15 is 0 Å². The van der Waals surface area contributed by atoms with Gasteiger partial charge in [-0.1, -0.05) is 108 Å². The molecule has 1 aromatic carbocycles. The molecule has 0 atom stereocenters. The Morgan fingerprint density at radius 2 is 1.49 bits per heavy atom. The van der Waals surface area contributed by atoms with Gasteiger partial charge in [-0.25, -0.2) is 0 Å². The summed E-state index contributed by atoms with van der Waals surface area (Å²) in [5, 5.41) is 10.5. The largest absolute Gasteiger partial charge is 0.481 e. The molecule has 2 N–H and O–H groups in total. The van der Waals surface area contributed by atoms with E-state index < -0.39 is 17.1 Å². The van der Waals surface area contributed by atoms with Gasteiger partial charge in [-0.2, -0.15) is 0 Å². The molecule has 9 heteroatoms. The Labute approximate surface area is 253 Å². The van der Waals surface area contributed by atoms with Gasteiger partial charge in [-0.3, -0.25) is 24.5 Å². The number of carboxylic acids is 1. The van der Waals surface area contributed by atoms with Gasteiger partial charge in [0.1, 0.15) is 5.75 Å². The van der Waals surface area contributed by atoms with Crippen molar-refractivity contribution in [2.75, 3.05) is 0 Å². The van der Waals surface area contributed by atoms with Crippen molar-refractivity contribution in [3.05, 3.63) is 33.7 Å². The Balaban J connectivity index is 0.000000298. The lowest BCUT2D eigenvalue weighted by Gasteiger charge is -2.21. The van der Waals surface area contributed by atoms with Crippen LogP contribution in [0, 0.1) is 11.8 Å². The van der Waals surface area contributed by atoms with Crippen molar-refractivity contribution in [2.45, 2.75) is 116 Å². The Hall–Kier alpha value is -2.32. The number of amides is 2. The second-order valence-electron chi connectivity index (χ2n) is 11.4. The van der Waals surface area contributed by atoms with E-state index in [2.05, 4.69) is 5.32 Å². The molecule has 3 aliphatic rings. The minimum Gasteiger partial charge on any atom is -0.481 e. The van der Waals surface area contributed by atoms with Crippen molar-refractivity contribution in [3.8, 4) is 5.75 Å². The Bertz CT molecular complexity index is 1060. The first-order valence-electron chi connectivity index (χ1n) is 15.3. The third-order valence-corrected chi connectivity index (χ3v) is 9.17. The second kappa shape index (κ2) is 18.3. The average Bonchev–Trinajstić information content (AvgIpc) is 3.28. The summed E-state index contributed by atoms with van der Waals surface area (Å²) in [6.45, 7) is 0. The van der Waals surface area contributed by atoms with Crippen LogP contribution in [-0.2, 0) is 14.4 Å². The average molecular weight is 606 g/mol. The molecule has 4 rings (SSSR count). The highest BCUT2D eigenvalue weighted by atomic mass is 35.5. The molecule has 2 saturated carbocycles. The van der Waals surface area contributed by atoms with Crippen molar-refractivity contribution in [3.63, 3.8) is 0 Å². The third-order valence-electron chi connectivity index (χ3n) is 8.07. The van der Waals surface area contributed by atoms with Crippen molar-refractivity contribution in [1.82, 2.24) is 5.32 Å². The first-order chi connectivity index (χ1) is 19.8. The normalized spacial score (nSPS) is 19.0. The molecule has 41 heavy (non-hydrogen) atoms. The SMILES string of the molecule is O=C(CCCCC1CCCCC1)Oc1ccc(/C=C2\SC(=O)NC2=O)cc1Cl.O=C(O)CCCCC1CCCCC1. The fourth-order valence-corrected chi connectivity index (χ4v) is 6.71. The van der Waals surface area contributed by atoms with Crippen molar-refractivity contribution < 1.29 is 29.0 Å². The van der Waals surface area contributed by atoms with Gasteiger partial charge in [0.05, 0.1) is 9.93 Å². The highest BCUT2D eigenvalue weighted by Crippen LogP contribution is 2.31. The molecule has 1 aromatic rings. The standard InChI is InChI=1S/C21H24ClNO4S.C11H20O2/c22-16-12-15(13-18-20(25)23-21(26)28-18)10-11-17(16)27-19(24)9-5-4-8-14-6-2-1-3-7-14;12-11(13)9-5-4-8-10-6-2-1-3-7-10/h10-14H,1-9H2,(H,23,25,26);10H,1-9H2,(H,12,13)/b18-13-;. The lowest BCUT2D eigenvalue weighted by Crippen LogP contribution is -2.17. The monoisotopic (exact) mass is 605 g/mol. The van der Waals surface area contributed by atoms with E-state index in [9.17, 15) is 19.2 Å². The number of nitrogens with one attached hydrogen (secondary N) is 1. The maximum Gasteiger partial charge on any atom is 0.311 e. The lowest BCUT2D eigenvalue weighted by molar-refractivity contribution is -0.137. The van der Waals surface area contributed by atoms with E-state index in [1.807, 2.05) is 0 Å². The van der Waals surface area contributed by atoms with Crippen LogP contribution in [0.2, 0.25) is 5.02 Å². The van der Waals surface area contributed by atoms with Crippen LogP contribution in [-0.4, -0.2) is 28.2 Å². The van der Waals surface area contributed by atoms with Gasteiger partial charge >= 0.3 is 11.9 Å². The Morgan fingerprint density at radius 1 is 0.902 bits per heavy atom. The van der Waals surface area contributed by atoms with Gasteiger partial charge in [0, 0.05) is 12.8 Å². The highest BCUT2D eigenvalue weighted by molar-refractivity contribution is 8.18. The first kappa shape index (κ1) is 33.2. The van der Waals surface area contributed by atoms with Crippen LogP contribution in [0.4, 0.5) is 4.79 Å². The van der Waals surface area contributed by atoms with Crippen LogP contribution in [0.25, 0.3) is 6.08 Å². The summed E-state index contributed by atoms with van der Waals surface area (Å²) >= 11 is 7.05. The molecule has 0 bridgehead atoms. The molecule has 7 nitrogen and oxygen atoms in total. The van der Waals surface area contributed by atoms with Gasteiger partial charge in [0.2, 0.25) is 0 Å². The van der Waals surface area contributed by atoms with E-state index in [0.29, 0.717) is 34.1 Å². The Morgan fingerprint density at radius 3 is 2.00 bits per heavy atom. The molecule has 2 amide bonds. The van der Waals surface area contributed by atoms with Gasteiger partial charge in [-0.15, -0.1) is 0 Å². The van der Waals surface area contributed by atoms with Crippen LogP contribution in [0.3, 0.4) is 0 Å². The minimum absolute atomic E-state index is 0.284. The van der Waals surface area contributed by atoms with E-state index in [-0.39, 0.29) is 5.97 Å². The smallest absolute Gasteiger partial charge is 0.311 e. The zero-order chi connectivity index (χ0) is 29.5. The molecule has 1 heterocycles. The summed E-state index contributed by atoms with van der Waals surface area (Å²) in [4.78, 5) is 45.4. The first-order valence-corrected chi connectivity index (χ1v) is 16.5. The molecular weight excluding hydrogens is 562 g/mol. The van der Waals surface area contributed by atoms with E-state index in [1.54, 1.807) is 24.3 Å². The van der Waals surface area contributed by atoms with Crippen molar-refractivity contribution in [1.29, 1.82) is 0 Å². The van der Waals surface area contributed by atoms with Crippen LogP contribution in [0.15, 0.2) is 23.1 Å². The molecular formula is C32H44ClNO6S. The second-order valence-corrected chi connectivity index (χ2v) is 12.8. The van der Waals surface area contributed by atoms with E-state index in [4.69, 9.17) is 21.4 Å². The number of carboxylic acid groups (broad SMARTS) is 1. The highest BCUT2D eigenvalue weighted by Gasteiger charge is 2.25. The number of aliphatic carboxylic acids is 1. The molecule has 1 saturated heterocycles. The molecule has 0 unspecified atom stereocenters. The predicted molar refractivity (Wildman–Crippen MR) is 164 cm³/mol. The number of thioether (sulfide) groups is 1. The van der Waals surface area contributed by atoms with Crippen LogP contribution < -0.4 is 10.1 Å². The van der Waals surface area contributed by atoms with Crippen LogP contribution >= 0.6 is 23.4 Å². The zero-order valence-corrected chi connectivity index (χ0v) is 25.5. The molecule has 0 aromatic heterocycles. The van der Waals surface area contributed by atoms with E-state index in [1.165, 1.54) is 77.0 Å². The number of benzene rings is 1. The van der Waals surface area contributed by atoms with Gasteiger partial charge in [0.15, 0.2) is 0 Å². The number of imide groups is 1. The molecule has 0 radical (unpaired) electrons. The molecule has 3 fully saturated rings.